The average Bonchev–Trinajstić information content (AvgIpc) is 2.07. The topological polar surface area (TPSA) is 41.1 Å². The van der Waals surface area contributed by atoms with Crippen molar-refractivity contribution >= 4 is 5.91 Å². The number of carbonyl (C=O) groups is 1. The summed E-state index contributed by atoms with van der Waals surface area (Å²) in [4.78, 5) is 10.6. The van der Waals surface area contributed by atoms with Gasteiger partial charge in [0.15, 0.2) is 0 Å². The van der Waals surface area contributed by atoms with Crippen molar-refractivity contribution in [1.82, 2.24) is 10.6 Å². The molecule has 0 aromatic carbocycles. The summed E-state index contributed by atoms with van der Waals surface area (Å²) in [5, 5.41) is 4.92. The summed E-state index contributed by atoms with van der Waals surface area (Å²) in [5.74, 6) is -1.76. The van der Waals surface area contributed by atoms with Crippen molar-refractivity contribution in [3.63, 3.8) is 0 Å². The monoisotopic (exact) mass is 210 g/mol. The maximum absolute atomic E-state index is 11.9. The Morgan fingerprint density at radius 2 is 2.14 bits per heavy atom. The van der Waals surface area contributed by atoms with E-state index in [1.165, 1.54) is 0 Å². The Hall–Kier alpha value is -0.780. The van der Waals surface area contributed by atoms with Gasteiger partial charge in [-0.3, -0.25) is 4.79 Å². The van der Waals surface area contributed by atoms with Crippen LogP contribution in [0.2, 0.25) is 0 Å². The molecule has 0 aromatic heterocycles. The highest BCUT2D eigenvalue weighted by atomic mass is 19.4. The summed E-state index contributed by atoms with van der Waals surface area (Å²) >= 11 is 0. The number of amides is 1. The van der Waals surface area contributed by atoms with Crippen LogP contribution in [0.15, 0.2) is 0 Å². The lowest BCUT2D eigenvalue weighted by Crippen LogP contribution is -2.53. The number of hydrogen-bond acceptors (Lipinski definition) is 2. The molecule has 0 spiro atoms. The molecule has 0 unspecified atom stereocenters. The first-order valence-corrected chi connectivity index (χ1v) is 4.49. The number of carbonyl (C=O) groups excluding carboxylic acids is 1. The Balaban J connectivity index is 2.46. The van der Waals surface area contributed by atoms with Crippen molar-refractivity contribution in [2.45, 2.75) is 25.6 Å². The van der Waals surface area contributed by atoms with E-state index in [-0.39, 0.29) is 5.92 Å². The van der Waals surface area contributed by atoms with E-state index in [2.05, 4.69) is 5.32 Å². The zero-order chi connectivity index (χ0) is 10.8. The second-order valence-corrected chi connectivity index (χ2v) is 3.55. The van der Waals surface area contributed by atoms with Gasteiger partial charge in [-0.1, -0.05) is 6.92 Å². The maximum Gasteiger partial charge on any atom is 0.471 e. The molecular formula is C8H13F3N2O. The third-order valence-corrected chi connectivity index (χ3v) is 2.40. The molecule has 6 heteroatoms. The standard InChI is InChI=1S/C8H13F3N2O/c1-5-2-3-12-4-6(5)13-7(14)8(9,10)11/h5-6,12H,2-4H2,1H3,(H,13,14)/t5-,6-/m1/s1. The Morgan fingerprint density at radius 1 is 1.50 bits per heavy atom. The minimum absolute atomic E-state index is 0.0857. The largest absolute Gasteiger partial charge is 0.471 e. The zero-order valence-corrected chi connectivity index (χ0v) is 7.82. The summed E-state index contributed by atoms with van der Waals surface area (Å²) in [5.41, 5.74) is 0. The van der Waals surface area contributed by atoms with Gasteiger partial charge in [0.1, 0.15) is 0 Å². The molecule has 2 atom stereocenters. The number of rotatable bonds is 1. The fourth-order valence-corrected chi connectivity index (χ4v) is 1.43. The van der Waals surface area contributed by atoms with Crippen LogP contribution in [0.5, 0.6) is 0 Å². The van der Waals surface area contributed by atoms with Crippen molar-refractivity contribution in [2.75, 3.05) is 13.1 Å². The van der Waals surface area contributed by atoms with Crippen LogP contribution >= 0.6 is 0 Å². The molecule has 0 radical (unpaired) electrons. The van der Waals surface area contributed by atoms with Gasteiger partial charge in [-0.25, -0.2) is 0 Å². The molecular weight excluding hydrogens is 197 g/mol. The minimum atomic E-state index is -4.78. The van der Waals surface area contributed by atoms with Gasteiger partial charge in [-0.2, -0.15) is 13.2 Å². The van der Waals surface area contributed by atoms with E-state index >= 15 is 0 Å². The van der Waals surface area contributed by atoms with E-state index in [1.807, 2.05) is 12.2 Å². The zero-order valence-electron chi connectivity index (χ0n) is 7.82. The summed E-state index contributed by atoms with van der Waals surface area (Å²) in [6.07, 6.45) is -4.00. The molecule has 82 valence electrons. The lowest BCUT2D eigenvalue weighted by molar-refractivity contribution is -0.174. The molecule has 1 saturated heterocycles. The third kappa shape index (κ3) is 2.87. The van der Waals surface area contributed by atoms with Gasteiger partial charge in [0.25, 0.3) is 0 Å². The van der Waals surface area contributed by atoms with Crippen LogP contribution in [0.1, 0.15) is 13.3 Å². The van der Waals surface area contributed by atoms with Crippen LogP contribution in [0.3, 0.4) is 0 Å². The van der Waals surface area contributed by atoms with Crippen LogP contribution < -0.4 is 10.6 Å². The van der Waals surface area contributed by atoms with Crippen LogP contribution in [-0.4, -0.2) is 31.2 Å². The van der Waals surface area contributed by atoms with Crippen LogP contribution in [0.25, 0.3) is 0 Å². The summed E-state index contributed by atoms with van der Waals surface area (Å²) in [6.45, 7) is 3.03. The van der Waals surface area contributed by atoms with E-state index in [0.717, 1.165) is 13.0 Å². The van der Waals surface area contributed by atoms with Crippen molar-refractivity contribution in [3.05, 3.63) is 0 Å². The van der Waals surface area contributed by atoms with Crippen molar-refractivity contribution in [1.29, 1.82) is 0 Å². The third-order valence-electron chi connectivity index (χ3n) is 2.40. The molecule has 0 saturated carbocycles. The van der Waals surface area contributed by atoms with E-state index in [1.54, 1.807) is 0 Å². The van der Waals surface area contributed by atoms with Crippen molar-refractivity contribution in [3.8, 4) is 0 Å². The summed E-state index contributed by atoms with van der Waals surface area (Å²) < 4.78 is 35.7. The lowest BCUT2D eigenvalue weighted by atomic mass is 9.95. The maximum atomic E-state index is 11.9. The predicted molar refractivity (Wildman–Crippen MR) is 44.6 cm³/mol. The molecule has 0 aromatic rings. The summed E-state index contributed by atoms with van der Waals surface area (Å²) in [7, 11) is 0. The SMILES string of the molecule is C[C@@H]1CCNC[C@H]1NC(=O)C(F)(F)F. The Kier molecular flexibility index (Phi) is 3.36. The molecule has 1 fully saturated rings. The van der Waals surface area contributed by atoms with Gasteiger partial charge < -0.3 is 10.6 Å². The van der Waals surface area contributed by atoms with Crippen LogP contribution in [0, 0.1) is 5.92 Å². The smallest absolute Gasteiger partial charge is 0.344 e. The first-order valence-electron chi connectivity index (χ1n) is 4.49. The van der Waals surface area contributed by atoms with Gasteiger partial charge >= 0.3 is 12.1 Å². The van der Waals surface area contributed by atoms with Gasteiger partial charge in [0.05, 0.1) is 0 Å². The highest BCUT2D eigenvalue weighted by Crippen LogP contribution is 2.17. The number of halogens is 3. The van der Waals surface area contributed by atoms with Crippen molar-refractivity contribution in [2.24, 2.45) is 5.92 Å². The molecule has 14 heavy (non-hydrogen) atoms. The first kappa shape index (κ1) is 11.3. The molecule has 0 aliphatic carbocycles. The number of nitrogens with one attached hydrogen (secondary N) is 2. The first-order chi connectivity index (χ1) is 6.41. The molecule has 2 N–H and O–H groups in total. The Labute approximate surface area is 80.0 Å². The normalized spacial score (nSPS) is 28.6. The quantitative estimate of drug-likeness (QED) is 0.667. The predicted octanol–water partition coefficient (Wildman–Crippen LogP) is 0.663. The summed E-state index contributed by atoms with van der Waals surface area (Å²) in [6, 6.07) is -0.419. The number of hydrogen-bond donors (Lipinski definition) is 2. The highest BCUT2D eigenvalue weighted by molar-refractivity contribution is 5.82. The highest BCUT2D eigenvalue weighted by Gasteiger charge is 2.40. The second kappa shape index (κ2) is 4.16. The van der Waals surface area contributed by atoms with Crippen LogP contribution in [0.4, 0.5) is 13.2 Å². The van der Waals surface area contributed by atoms with Gasteiger partial charge in [0, 0.05) is 12.6 Å². The molecule has 1 aliphatic heterocycles. The minimum Gasteiger partial charge on any atom is -0.344 e. The second-order valence-electron chi connectivity index (χ2n) is 3.55. The molecule has 1 rings (SSSR count). The number of piperidine rings is 1. The van der Waals surface area contributed by atoms with Gasteiger partial charge in [-0.15, -0.1) is 0 Å². The molecule has 0 bridgehead atoms. The van der Waals surface area contributed by atoms with E-state index in [4.69, 9.17) is 0 Å². The van der Waals surface area contributed by atoms with Gasteiger partial charge in [-0.05, 0) is 18.9 Å². The van der Waals surface area contributed by atoms with Crippen molar-refractivity contribution < 1.29 is 18.0 Å². The molecule has 1 heterocycles. The van der Waals surface area contributed by atoms with E-state index in [0.29, 0.717) is 6.54 Å². The van der Waals surface area contributed by atoms with Gasteiger partial charge in [0.2, 0.25) is 0 Å². The molecule has 1 aliphatic rings. The molecule has 1 amide bonds. The Bertz CT molecular complexity index is 217. The fourth-order valence-electron chi connectivity index (χ4n) is 1.43. The number of alkyl halides is 3. The molecule has 3 nitrogen and oxygen atoms in total. The Morgan fingerprint density at radius 3 is 2.64 bits per heavy atom. The fraction of sp³-hybridized carbons (Fsp3) is 0.875. The lowest BCUT2D eigenvalue weighted by Gasteiger charge is -2.30. The van der Waals surface area contributed by atoms with E-state index < -0.39 is 18.1 Å². The van der Waals surface area contributed by atoms with Crippen LogP contribution in [-0.2, 0) is 4.79 Å². The van der Waals surface area contributed by atoms with E-state index in [9.17, 15) is 18.0 Å². The average molecular weight is 210 g/mol.